The molecule has 1 aromatic rings. The second-order valence-corrected chi connectivity index (χ2v) is 8.52. The van der Waals surface area contributed by atoms with E-state index in [9.17, 15) is 14.7 Å². The zero-order valence-electron chi connectivity index (χ0n) is 20.2. The third-order valence-corrected chi connectivity index (χ3v) is 5.41. The summed E-state index contributed by atoms with van der Waals surface area (Å²) in [5, 5.41) is 12.8. The smallest absolute Gasteiger partial charge is 0.328 e. The normalized spacial score (nSPS) is 21.5. The Morgan fingerprint density at radius 3 is 2.36 bits per heavy atom. The lowest BCUT2D eigenvalue weighted by molar-refractivity contribution is -0.156. The molecule has 2 rings (SSSR count). The Morgan fingerprint density at radius 1 is 1.12 bits per heavy atom. The number of aliphatic hydroxyl groups is 1. The van der Waals surface area contributed by atoms with Gasteiger partial charge >= 0.3 is 5.97 Å². The maximum absolute atomic E-state index is 12.9. The lowest BCUT2D eigenvalue weighted by Crippen LogP contribution is -2.50. The Hall–Kier alpha value is -2.71. The van der Waals surface area contributed by atoms with E-state index in [0.29, 0.717) is 12.4 Å². The van der Waals surface area contributed by atoms with Crippen LogP contribution in [0.2, 0.25) is 0 Å². The first-order valence-corrected chi connectivity index (χ1v) is 11.4. The maximum atomic E-state index is 12.9. The molecule has 0 radical (unpaired) electrons. The van der Waals surface area contributed by atoms with Gasteiger partial charge in [-0.25, -0.2) is 4.79 Å². The molecule has 1 aliphatic heterocycles. The van der Waals surface area contributed by atoms with Crippen LogP contribution < -0.4 is 10.1 Å². The van der Waals surface area contributed by atoms with Crippen molar-refractivity contribution in [3.05, 3.63) is 42.6 Å². The molecule has 2 N–H and O–H groups in total. The van der Waals surface area contributed by atoms with Crippen LogP contribution in [-0.2, 0) is 19.1 Å². The fourth-order valence-corrected chi connectivity index (χ4v) is 3.75. The molecule has 6 atom stereocenters. The number of para-hydroxylation sites is 1. The number of aliphatic hydroxyl groups excluding tert-OH is 1. The lowest BCUT2D eigenvalue weighted by atomic mass is 9.89. The van der Waals surface area contributed by atoms with Gasteiger partial charge in [-0.15, -0.1) is 0 Å². The van der Waals surface area contributed by atoms with E-state index < -0.39 is 42.1 Å². The van der Waals surface area contributed by atoms with Crippen molar-refractivity contribution in [1.29, 1.82) is 0 Å². The van der Waals surface area contributed by atoms with E-state index in [4.69, 9.17) is 14.2 Å². The minimum absolute atomic E-state index is 0.0867. The average Bonchev–Trinajstić information content (AvgIpc) is 2.77. The number of nitrogens with one attached hydrogen (secondary N) is 1. The molecule has 0 aliphatic carbocycles. The summed E-state index contributed by atoms with van der Waals surface area (Å²) in [6.07, 6.45) is 0.944. The number of carbonyl (C=O) groups is 2. The van der Waals surface area contributed by atoms with Crippen LogP contribution in [0.15, 0.2) is 47.6 Å². The largest absolute Gasteiger partial charge is 0.486 e. The van der Waals surface area contributed by atoms with Crippen LogP contribution in [0, 0.1) is 11.8 Å². The molecule has 1 amide bonds. The van der Waals surface area contributed by atoms with Gasteiger partial charge in [-0.1, -0.05) is 32.0 Å². The number of aliphatic imine (C=N–C) groups is 1. The molecule has 0 saturated heterocycles. The molecular formula is C25H36N2O6. The minimum atomic E-state index is -0.918. The van der Waals surface area contributed by atoms with Crippen molar-refractivity contribution < 1.29 is 28.9 Å². The number of amides is 1. The zero-order valence-corrected chi connectivity index (χ0v) is 20.2. The number of ether oxygens (including phenoxy) is 3. The first kappa shape index (κ1) is 26.5. The SMILES string of the molecule is CCOC1C=CN=C(C(=O)N[C@@H](C)C(=O)O[C@@H](C)[C@H](Oc2ccccc2)C(C)C)C1C(C)O. The summed E-state index contributed by atoms with van der Waals surface area (Å²) in [4.78, 5) is 29.7. The summed E-state index contributed by atoms with van der Waals surface area (Å²) < 4.78 is 17.3. The summed E-state index contributed by atoms with van der Waals surface area (Å²) >= 11 is 0. The van der Waals surface area contributed by atoms with Gasteiger partial charge in [0.1, 0.15) is 29.7 Å². The molecule has 0 fully saturated rings. The maximum Gasteiger partial charge on any atom is 0.328 e. The van der Waals surface area contributed by atoms with Crippen molar-refractivity contribution in [2.45, 2.75) is 72.0 Å². The van der Waals surface area contributed by atoms with Crippen LogP contribution in [0.25, 0.3) is 0 Å². The highest BCUT2D eigenvalue weighted by Crippen LogP contribution is 2.22. The molecule has 0 bridgehead atoms. The lowest BCUT2D eigenvalue weighted by Gasteiger charge is -2.31. The van der Waals surface area contributed by atoms with Gasteiger partial charge in [0.2, 0.25) is 0 Å². The number of rotatable bonds is 11. The van der Waals surface area contributed by atoms with E-state index in [2.05, 4.69) is 10.3 Å². The van der Waals surface area contributed by atoms with E-state index in [-0.39, 0.29) is 17.7 Å². The van der Waals surface area contributed by atoms with Crippen molar-refractivity contribution in [2.75, 3.05) is 6.61 Å². The van der Waals surface area contributed by atoms with Gasteiger partial charge in [-0.05, 0) is 51.8 Å². The molecule has 182 valence electrons. The predicted molar refractivity (Wildman–Crippen MR) is 126 cm³/mol. The Bertz CT molecular complexity index is 837. The first-order valence-electron chi connectivity index (χ1n) is 11.4. The summed E-state index contributed by atoms with van der Waals surface area (Å²) in [6, 6.07) is 8.43. The first-order chi connectivity index (χ1) is 15.6. The molecule has 3 unspecified atom stereocenters. The van der Waals surface area contributed by atoms with E-state index in [1.165, 1.54) is 6.20 Å². The van der Waals surface area contributed by atoms with Crippen LogP contribution in [0.3, 0.4) is 0 Å². The Balaban J connectivity index is 2.01. The standard InChI is InChI=1S/C25H36N2O6/c1-7-31-20-13-14-26-22(21(20)17(5)28)24(29)27-16(4)25(30)32-18(6)23(15(2)3)33-19-11-9-8-10-12-19/h8-18,20-21,23,28H,7H2,1-6H3,(H,27,29)/t16-,17?,18-,20?,21?,23+/m0/s1. The Morgan fingerprint density at radius 2 is 1.79 bits per heavy atom. The number of esters is 1. The summed E-state index contributed by atoms with van der Waals surface area (Å²) in [5.41, 5.74) is 0.117. The average molecular weight is 461 g/mol. The Kier molecular flexibility index (Phi) is 10.1. The Labute approximate surface area is 196 Å². The molecule has 0 aromatic heterocycles. The topological polar surface area (TPSA) is 106 Å². The molecule has 33 heavy (non-hydrogen) atoms. The molecule has 0 saturated carbocycles. The highest BCUT2D eigenvalue weighted by atomic mass is 16.6. The van der Waals surface area contributed by atoms with Crippen molar-refractivity contribution in [2.24, 2.45) is 16.8 Å². The molecule has 8 heteroatoms. The van der Waals surface area contributed by atoms with E-state index in [0.717, 1.165) is 0 Å². The predicted octanol–water partition coefficient (Wildman–Crippen LogP) is 2.90. The second kappa shape index (κ2) is 12.5. The number of hydrogen-bond donors (Lipinski definition) is 2. The molecule has 1 aromatic carbocycles. The third-order valence-electron chi connectivity index (χ3n) is 5.41. The van der Waals surface area contributed by atoms with E-state index in [1.54, 1.807) is 26.8 Å². The molecule has 8 nitrogen and oxygen atoms in total. The van der Waals surface area contributed by atoms with Crippen molar-refractivity contribution >= 4 is 17.6 Å². The fourth-order valence-electron chi connectivity index (χ4n) is 3.75. The van der Waals surface area contributed by atoms with Gasteiger partial charge in [0.15, 0.2) is 0 Å². The van der Waals surface area contributed by atoms with Gasteiger partial charge < -0.3 is 24.6 Å². The monoisotopic (exact) mass is 460 g/mol. The van der Waals surface area contributed by atoms with Crippen molar-refractivity contribution in [3.63, 3.8) is 0 Å². The fraction of sp³-hybridized carbons (Fsp3) is 0.560. The van der Waals surface area contributed by atoms with E-state index in [1.807, 2.05) is 51.1 Å². The van der Waals surface area contributed by atoms with Crippen LogP contribution in [-0.4, -0.2) is 59.8 Å². The molecule has 0 spiro atoms. The highest BCUT2D eigenvalue weighted by molar-refractivity contribution is 6.40. The number of benzene rings is 1. The number of hydrogen-bond acceptors (Lipinski definition) is 7. The van der Waals surface area contributed by atoms with Crippen LogP contribution >= 0.6 is 0 Å². The quantitative estimate of drug-likeness (QED) is 0.492. The second-order valence-electron chi connectivity index (χ2n) is 8.52. The zero-order chi connectivity index (χ0) is 24.5. The van der Waals surface area contributed by atoms with Gasteiger partial charge in [-0.2, -0.15) is 0 Å². The van der Waals surface area contributed by atoms with Crippen molar-refractivity contribution in [1.82, 2.24) is 5.32 Å². The summed E-state index contributed by atoms with van der Waals surface area (Å²) in [7, 11) is 0. The number of nitrogens with zero attached hydrogens (tertiary/aromatic N) is 1. The van der Waals surface area contributed by atoms with Crippen LogP contribution in [0.4, 0.5) is 0 Å². The van der Waals surface area contributed by atoms with Gasteiger partial charge in [0, 0.05) is 12.8 Å². The third kappa shape index (κ3) is 7.40. The van der Waals surface area contributed by atoms with Gasteiger partial charge in [0.05, 0.1) is 18.1 Å². The van der Waals surface area contributed by atoms with Gasteiger partial charge in [0.25, 0.3) is 5.91 Å². The molecule has 1 aliphatic rings. The molecular weight excluding hydrogens is 424 g/mol. The van der Waals surface area contributed by atoms with Crippen LogP contribution in [0.1, 0.15) is 41.5 Å². The van der Waals surface area contributed by atoms with Crippen molar-refractivity contribution in [3.8, 4) is 5.75 Å². The number of carbonyl (C=O) groups excluding carboxylic acids is 2. The van der Waals surface area contributed by atoms with E-state index >= 15 is 0 Å². The minimum Gasteiger partial charge on any atom is -0.486 e. The summed E-state index contributed by atoms with van der Waals surface area (Å²) in [6.45, 7) is 11.1. The summed E-state index contributed by atoms with van der Waals surface area (Å²) in [5.74, 6) is -0.991. The highest BCUT2D eigenvalue weighted by Gasteiger charge is 2.36. The van der Waals surface area contributed by atoms with Crippen LogP contribution in [0.5, 0.6) is 5.75 Å². The molecule has 1 heterocycles. The van der Waals surface area contributed by atoms with Gasteiger partial charge in [-0.3, -0.25) is 9.79 Å².